The van der Waals surface area contributed by atoms with Crippen LogP contribution in [0.2, 0.25) is 0 Å². The van der Waals surface area contributed by atoms with E-state index in [1.807, 2.05) is 30.3 Å². The van der Waals surface area contributed by atoms with E-state index in [1.54, 1.807) is 12.1 Å². The van der Waals surface area contributed by atoms with E-state index in [9.17, 15) is 9.90 Å². The van der Waals surface area contributed by atoms with Gasteiger partial charge in [0.25, 0.3) is 0 Å². The average molecular weight is 437 g/mol. The van der Waals surface area contributed by atoms with Gasteiger partial charge < -0.3 is 14.9 Å². The Balaban J connectivity index is 0.000000229. The molecule has 1 aliphatic carbocycles. The average Bonchev–Trinajstić information content (AvgIpc) is 3.05. The Bertz CT molecular complexity index is 919. The molecule has 0 heterocycles. The molecule has 2 aromatic rings. The monoisotopic (exact) mass is 436 g/mol. The van der Waals surface area contributed by atoms with Crippen LogP contribution in [0.15, 0.2) is 77.9 Å². The Labute approximate surface area is 192 Å². The van der Waals surface area contributed by atoms with Crippen molar-refractivity contribution >= 4 is 5.97 Å². The van der Waals surface area contributed by atoms with Gasteiger partial charge in [0, 0.05) is 0 Å². The van der Waals surface area contributed by atoms with Gasteiger partial charge in [-0.1, -0.05) is 81.0 Å². The highest BCUT2D eigenvalue weighted by Crippen LogP contribution is 2.42. The van der Waals surface area contributed by atoms with Crippen LogP contribution < -0.4 is 0 Å². The molecule has 4 heteroatoms. The molecule has 172 valence electrons. The van der Waals surface area contributed by atoms with Crippen LogP contribution in [0, 0.1) is 11.3 Å². The summed E-state index contributed by atoms with van der Waals surface area (Å²) in [6.07, 6.45) is 7.92. The number of aromatic hydroxyl groups is 1. The van der Waals surface area contributed by atoms with Gasteiger partial charge in [-0.3, -0.25) is 0 Å². The van der Waals surface area contributed by atoms with Gasteiger partial charge in [-0.05, 0) is 60.8 Å². The number of phenolic OH excluding ortho intramolecular Hbond substituents is 1. The Morgan fingerprint density at radius 2 is 1.78 bits per heavy atom. The number of aliphatic hydroxyl groups excluding tert-OH is 1. The van der Waals surface area contributed by atoms with Crippen molar-refractivity contribution in [3.63, 3.8) is 0 Å². The molecule has 2 N–H and O–H groups in total. The highest BCUT2D eigenvalue weighted by Gasteiger charge is 2.31. The molecule has 2 aromatic carbocycles. The lowest BCUT2D eigenvalue weighted by atomic mass is 9.79. The van der Waals surface area contributed by atoms with E-state index in [-0.39, 0.29) is 24.5 Å². The molecule has 0 radical (unpaired) electrons. The van der Waals surface area contributed by atoms with Gasteiger partial charge in [-0.15, -0.1) is 0 Å². The maximum absolute atomic E-state index is 11.7. The first-order valence-electron chi connectivity index (χ1n) is 11.2. The second kappa shape index (κ2) is 12.3. The predicted octanol–water partition coefficient (Wildman–Crippen LogP) is 6.45. The van der Waals surface area contributed by atoms with Gasteiger partial charge in [0.2, 0.25) is 0 Å². The first kappa shape index (κ1) is 25.4. The fourth-order valence-corrected chi connectivity index (χ4v) is 3.93. The Morgan fingerprint density at radius 1 is 1.12 bits per heavy atom. The van der Waals surface area contributed by atoms with Crippen LogP contribution in [-0.4, -0.2) is 22.8 Å². The lowest BCUT2D eigenvalue weighted by molar-refractivity contribution is 0.0469. The van der Waals surface area contributed by atoms with Gasteiger partial charge in [0.15, 0.2) is 0 Å². The van der Waals surface area contributed by atoms with E-state index in [0.29, 0.717) is 11.3 Å². The smallest absolute Gasteiger partial charge is 0.342 e. The maximum Gasteiger partial charge on any atom is 0.342 e. The number of hydrogen-bond donors (Lipinski definition) is 2. The van der Waals surface area contributed by atoms with Crippen molar-refractivity contribution in [3.8, 4) is 5.75 Å². The number of ether oxygens (including phenoxy) is 1. The van der Waals surface area contributed by atoms with Crippen LogP contribution in [0.5, 0.6) is 5.75 Å². The van der Waals surface area contributed by atoms with Crippen LogP contribution in [0.4, 0.5) is 0 Å². The minimum absolute atomic E-state index is 0.0643. The molecule has 0 saturated heterocycles. The number of esters is 1. The molecule has 1 unspecified atom stereocenters. The molecule has 4 nitrogen and oxygen atoms in total. The lowest BCUT2D eigenvalue weighted by Crippen LogP contribution is -2.16. The van der Waals surface area contributed by atoms with Crippen molar-refractivity contribution in [2.45, 2.75) is 53.6 Å². The van der Waals surface area contributed by atoms with Crippen LogP contribution in [0.3, 0.4) is 0 Å². The van der Waals surface area contributed by atoms with E-state index < -0.39 is 5.97 Å². The maximum atomic E-state index is 11.7. The third kappa shape index (κ3) is 7.69. The van der Waals surface area contributed by atoms with Gasteiger partial charge in [0.1, 0.15) is 17.9 Å². The molecule has 32 heavy (non-hydrogen) atoms. The van der Waals surface area contributed by atoms with Gasteiger partial charge >= 0.3 is 5.97 Å². The van der Waals surface area contributed by atoms with E-state index in [4.69, 9.17) is 9.84 Å². The Kier molecular flexibility index (Phi) is 9.73. The SMILES string of the molecule is CC/C(=C\CC1CC(C)=CC1(C)C)CO.O=C(OCc1ccccc1)c1ccccc1O. The predicted molar refractivity (Wildman–Crippen MR) is 129 cm³/mol. The second-order valence-corrected chi connectivity index (χ2v) is 8.90. The number of benzene rings is 2. The summed E-state index contributed by atoms with van der Waals surface area (Å²) in [6, 6.07) is 15.7. The quantitative estimate of drug-likeness (QED) is 0.387. The van der Waals surface area contributed by atoms with Crippen molar-refractivity contribution in [2.75, 3.05) is 6.61 Å². The van der Waals surface area contributed by atoms with E-state index in [2.05, 4.69) is 39.8 Å². The van der Waals surface area contributed by atoms with Crippen molar-refractivity contribution in [3.05, 3.63) is 89.0 Å². The summed E-state index contributed by atoms with van der Waals surface area (Å²) in [5, 5.41) is 18.6. The van der Waals surface area contributed by atoms with Crippen molar-refractivity contribution < 1.29 is 19.7 Å². The molecular weight excluding hydrogens is 400 g/mol. The van der Waals surface area contributed by atoms with Gasteiger partial charge in [0.05, 0.1) is 6.61 Å². The Morgan fingerprint density at radius 3 is 2.34 bits per heavy atom. The minimum Gasteiger partial charge on any atom is -0.507 e. The van der Waals surface area contributed by atoms with Crippen LogP contribution in [0.25, 0.3) is 0 Å². The summed E-state index contributed by atoms with van der Waals surface area (Å²) in [6.45, 7) is 9.37. The number of phenols is 1. The zero-order valence-corrected chi connectivity index (χ0v) is 19.7. The summed E-state index contributed by atoms with van der Waals surface area (Å²) in [7, 11) is 0. The summed E-state index contributed by atoms with van der Waals surface area (Å²) < 4.78 is 5.10. The van der Waals surface area contributed by atoms with Gasteiger partial charge in [-0.25, -0.2) is 4.79 Å². The molecule has 1 aliphatic rings. The van der Waals surface area contributed by atoms with Crippen LogP contribution >= 0.6 is 0 Å². The lowest BCUT2D eigenvalue weighted by Gasteiger charge is -2.25. The number of rotatable bonds is 7. The molecule has 0 aliphatic heterocycles. The zero-order chi connectivity index (χ0) is 23.6. The van der Waals surface area contributed by atoms with Crippen molar-refractivity contribution in [1.82, 2.24) is 0 Å². The molecule has 1 atom stereocenters. The third-order valence-electron chi connectivity index (χ3n) is 5.92. The number of hydrogen-bond acceptors (Lipinski definition) is 4. The van der Waals surface area contributed by atoms with Crippen molar-refractivity contribution in [1.29, 1.82) is 0 Å². The topological polar surface area (TPSA) is 66.8 Å². The summed E-state index contributed by atoms with van der Waals surface area (Å²) in [5.74, 6) is 0.128. The van der Waals surface area contributed by atoms with Crippen molar-refractivity contribution in [2.24, 2.45) is 11.3 Å². The number of carbonyl (C=O) groups is 1. The first-order chi connectivity index (χ1) is 15.3. The molecular formula is C28H36O4. The fraction of sp³-hybridized carbons (Fsp3) is 0.393. The summed E-state index contributed by atoms with van der Waals surface area (Å²) in [5.41, 5.74) is 4.12. The molecule has 0 amide bonds. The highest BCUT2D eigenvalue weighted by molar-refractivity contribution is 5.92. The standard InChI is InChI=1S/C14H12O3.C14H24O/c15-13-9-5-4-8-12(13)14(16)17-10-11-6-2-1-3-7-11;1-5-12(10-15)6-7-13-8-11(2)9-14(13,3)4/h1-9,15H,10H2;6,9,13,15H,5,7-8,10H2,1-4H3/b;12-6+. The summed E-state index contributed by atoms with van der Waals surface area (Å²) in [4.78, 5) is 11.7. The van der Waals surface area contributed by atoms with E-state index in [0.717, 1.165) is 18.4 Å². The van der Waals surface area contributed by atoms with Crippen LogP contribution in [0.1, 0.15) is 62.9 Å². The molecule has 0 bridgehead atoms. The molecule has 0 saturated carbocycles. The molecule has 0 aromatic heterocycles. The number of para-hydroxylation sites is 1. The van der Waals surface area contributed by atoms with Crippen LogP contribution in [-0.2, 0) is 11.3 Å². The third-order valence-corrected chi connectivity index (χ3v) is 5.92. The summed E-state index contributed by atoms with van der Waals surface area (Å²) >= 11 is 0. The first-order valence-corrected chi connectivity index (χ1v) is 11.2. The minimum atomic E-state index is -0.521. The largest absolute Gasteiger partial charge is 0.507 e. The Hall–Kier alpha value is -2.85. The van der Waals surface area contributed by atoms with E-state index in [1.165, 1.54) is 29.7 Å². The van der Waals surface area contributed by atoms with E-state index >= 15 is 0 Å². The highest BCUT2D eigenvalue weighted by atomic mass is 16.5. The molecule has 0 fully saturated rings. The fourth-order valence-electron chi connectivity index (χ4n) is 3.93. The normalized spacial score (nSPS) is 17.2. The molecule has 0 spiro atoms. The number of allylic oxidation sites excluding steroid dienone is 3. The molecule has 3 rings (SSSR count). The zero-order valence-electron chi connectivity index (χ0n) is 19.7. The number of carbonyl (C=O) groups excluding carboxylic acids is 1. The second-order valence-electron chi connectivity index (χ2n) is 8.90. The van der Waals surface area contributed by atoms with Gasteiger partial charge in [-0.2, -0.15) is 0 Å². The number of aliphatic hydroxyl groups is 1.